The fraction of sp³-hybridized carbons (Fsp3) is 0.600. The Bertz CT molecular complexity index is 1390. The van der Waals surface area contributed by atoms with Gasteiger partial charge in [0.05, 0.1) is 23.2 Å². The lowest BCUT2D eigenvalue weighted by molar-refractivity contribution is -0.00546. The summed E-state index contributed by atoms with van der Waals surface area (Å²) >= 11 is 0. The Morgan fingerprint density at radius 2 is 1.71 bits per heavy atom. The minimum Gasteiger partial charge on any atom is -0.465 e. The van der Waals surface area contributed by atoms with Crippen molar-refractivity contribution in [1.29, 1.82) is 0 Å². The second-order valence-corrected chi connectivity index (χ2v) is 12.5. The van der Waals surface area contributed by atoms with Crippen LogP contribution in [0.1, 0.15) is 72.6 Å². The van der Waals surface area contributed by atoms with Crippen LogP contribution in [-0.4, -0.2) is 79.0 Å². The van der Waals surface area contributed by atoms with Gasteiger partial charge >= 0.3 is 6.09 Å². The Morgan fingerprint density at radius 3 is 2.33 bits per heavy atom. The second-order valence-electron chi connectivity index (χ2n) is 12.5. The number of hydrogen-bond acceptors (Lipinski definition) is 7. The normalized spacial score (nSPS) is 23.4. The van der Waals surface area contributed by atoms with Gasteiger partial charge in [-0.05, 0) is 78.4 Å². The Morgan fingerprint density at radius 1 is 1.07 bits per heavy atom. The summed E-state index contributed by atoms with van der Waals surface area (Å²) in [7, 11) is 0. The predicted octanol–water partition coefficient (Wildman–Crippen LogP) is 6.12. The van der Waals surface area contributed by atoms with Crippen LogP contribution in [0.4, 0.5) is 25.3 Å². The number of carbonyl (C=O) groups is 1. The van der Waals surface area contributed by atoms with Crippen molar-refractivity contribution >= 4 is 28.9 Å². The molecule has 1 amide bonds. The molecule has 1 aromatic carbocycles. The highest BCUT2D eigenvalue weighted by molar-refractivity contribution is 5.78. The molecule has 10 nitrogen and oxygen atoms in total. The summed E-state index contributed by atoms with van der Waals surface area (Å²) in [5.74, 6) is 1.26. The molecule has 2 N–H and O–H groups in total. The number of morpholine rings is 1. The van der Waals surface area contributed by atoms with Gasteiger partial charge in [0.15, 0.2) is 5.82 Å². The molecule has 0 unspecified atom stereocenters. The van der Waals surface area contributed by atoms with Gasteiger partial charge in [-0.2, -0.15) is 9.97 Å². The van der Waals surface area contributed by atoms with Gasteiger partial charge < -0.3 is 25.0 Å². The number of carboxylic acid groups (broad SMARTS) is 1. The average molecular weight is 586 g/mol. The number of aromatic nitrogens is 4. The van der Waals surface area contributed by atoms with Crippen molar-refractivity contribution in [2.24, 2.45) is 5.92 Å². The van der Waals surface area contributed by atoms with E-state index in [1.807, 2.05) is 34.6 Å². The van der Waals surface area contributed by atoms with E-state index in [1.54, 1.807) is 35.2 Å². The first kappa shape index (κ1) is 29.9. The van der Waals surface area contributed by atoms with E-state index in [9.17, 15) is 18.7 Å². The van der Waals surface area contributed by atoms with Gasteiger partial charge in [-0.3, -0.25) is 4.57 Å². The van der Waals surface area contributed by atoms with Crippen molar-refractivity contribution < 1.29 is 23.4 Å². The van der Waals surface area contributed by atoms with Crippen molar-refractivity contribution in [3.63, 3.8) is 0 Å². The molecule has 2 atom stereocenters. The van der Waals surface area contributed by atoms with Gasteiger partial charge in [0.25, 0.3) is 6.43 Å². The number of hydrogen-bond donors (Lipinski definition) is 2. The van der Waals surface area contributed by atoms with Crippen LogP contribution in [-0.2, 0) is 4.74 Å². The van der Waals surface area contributed by atoms with Gasteiger partial charge in [0, 0.05) is 37.3 Å². The van der Waals surface area contributed by atoms with Crippen molar-refractivity contribution in [3.05, 3.63) is 36.2 Å². The molecule has 1 aliphatic heterocycles. The quantitative estimate of drug-likeness (QED) is 0.342. The zero-order chi connectivity index (χ0) is 30.2. The highest BCUT2D eigenvalue weighted by Gasteiger charge is 2.35. The third kappa shape index (κ3) is 6.43. The first-order valence-corrected chi connectivity index (χ1v) is 14.7. The average Bonchev–Trinajstić information content (AvgIpc) is 3.31. The molecule has 1 aliphatic carbocycles. The number of anilines is 2. The SMILES string of the molecule is C[C@@H]1CN(c2cc(-n3c(C(F)F)nc4ccccc43)nc(NC[C@H]3CC[C@H](N(C(=O)O)C(C)(C)C)CC3)n2)C[C@H](C)O1. The van der Waals surface area contributed by atoms with E-state index in [4.69, 9.17) is 14.7 Å². The first-order chi connectivity index (χ1) is 19.9. The maximum Gasteiger partial charge on any atom is 0.407 e. The number of rotatable bonds is 7. The lowest BCUT2D eigenvalue weighted by atomic mass is 9.84. The second kappa shape index (κ2) is 12.0. The maximum atomic E-state index is 14.2. The van der Waals surface area contributed by atoms with E-state index in [2.05, 4.69) is 15.2 Å². The molecular formula is C30H41F2N7O3. The van der Waals surface area contributed by atoms with Crippen molar-refractivity contribution in [2.75, 3.05) is 29.9 Å². The minimum absolute atomic E-state index is 0.0112. The van der Waals surface area contributed by atoms with Crippen LogP contribution in [0.25, 0.3) is 16.9 Å². The fourth-order valence-corrected chi connectivity index (χ4v) is 6.41. The Kier molecular flexibility index (Phi) is 8.54. The molecular weight excluding hydrogens is 544 g/mol. The third-order valence-electron chi connectivity index (χ3n) is 8.11. The lowest BCUT2D eigenvalue weighted by Crippen LogP contribution is -2.52. The number of para-hydroxylation sites is 2. The standard InChI is InChI=1S/C30H41F2N7O3/c1-18-16-37(17-19(2)42-18)24-14-25(38-23-9-7-6-8-22(23)34-27(38)26(31)32)36-28(35-24)33-15-20-10-12-21(13-11-20)39(29(40)41)30(3,4)5/h6-9,14,18-21,26H,10-13,15-17H2,1-5H3,(H,40,41)(H,33,35,36)/t18-,19+,20-,21-. The van der Waals surface area contributed by atoms with Gasteiger partial charge in [0.2, 0.25) is 5.95 Å². The highest BCUT2D eigenvalue weighted by Crippen LogP contribution is 2.33. The molecule has 2 aromatic heterocycles. The topological polar surface area (TPSA) is 109 Å². The molecule has 0 spiro atoms. The zero-order valence-corrected chi connectivity index (χ0v) is 24.9. The van der Waals surface area contributed by atoms with Crippen LogP contribution in [0.5, 0.6) is 0 Å². The number of ether oxygens (including phenoxy) is 1. The molecule has 0 radical (unpaired) electrons. The van der Waals surface area contributed by atoms with Crippen molar-refractivity contribution in [1.82, 2.24) is 24.4 Å². The molecule has 1 saturated heterocycles. The van der Waals surface area contributed by atoms with Gasteiger partial charge in [-0.15, -0.1) is 0 Å². The van der Waals surface area contributed by atoms with Crippen molar-refractivity contribution in [3.8, 4) is 5.82 Å². The summed E-state index contributed by atoms with van der Waals surface area (Å²) in [6.45, 7) is 11.6. The predicted molar refractivity (Wildman–Crippen MR) is 158 cm³/mol. The Balaban J connectivity index is 1.41. The van der Waals surface area contributed by atoms with Gasteiger partial charge in [0.1, 0.15) is 11.6 Å². The zero-order valence-electron chi connectivity index (χ0n) is 24.9. The monoisotopic (exact) mass is 585 g/mol. The molecule has 42 heavy (non-hydrogen) atoms. The maximum absolute atomic E-state index is 14.2. The Labute approximate surface area is 245 Å². The molecule has 3 heterocycles. The fourth-order valence-electron chi connectivity index (χ4n) is 6.41. The number of imidazole rings is 1. The van der Waals surface area contributed by atoms with Crippen LogP contribution in [0.2, 0.25) is 0 Å². The number of fused-ring (bicyclic) bond motifs is 1. The number of benzene rings is 1. The molecule has 2 aliphatic rings. The van der Waals surface area contributed by atoms with E-state index in [-0.39, 0.29) is 24.1 Å². The van der Waals surface area contributed by atoms with Crippen LogP contribution in [0.15, 0.2) is 30.3 Å². The van der Waals surface area contributed by atoms with E-state index in [0.29, 0.717) is 54.2 Å². The smallest absolute Gasteiger partial charge is 0.407 e. The molecule has 0 bridgehead atoms. The van der Waals surface area contributed by atoms with Crippen LogP contribution < -0.4 is 10.2 Å². The molecule has 2 fully saturated rings. The summed E-state index contributed by atoms with van der Waals surface area (Å²) in [5, 5.41) is 13.2. The lowest BCUT2D eigenvalue weighted by Gasteiger charge is -2.42. The summed E-state index contributed by atoms with van der Waals surface area (Å²) in [5.41, 5.74) is 0.556. The van der Waals surface area contributed by atoms with Crippen LogP contribution in [0, 0.1) is 5.92 Å². The minimum atomic E-state index is -2.79. The summed E-state index contributed by atoms with van der Waals surface area (Å²) in [6, 6.07) is 8.77. The number of nitrogens with one attached hydrogen (secondary N) is 1. The number of alkyl halides is 2. The van der Waals surface area contributed by atoms with Crippen LogP contribution in [0.3, 0.4) is 0 Å². The number of nitrogens with zero attached hydrogens (tertiary/aromatic N) is 6. The van der Waals surface area contributed by atoms with Crippen LogP contribution >= 0.6 is 0 Å². The molecule has 12 heteroatoms. The largest absolute Gasteiger partial charge is 0.465 e. The van der Waals surface area contributed by atoms with Crippen molar-refractivity contribution in [2.45, 2.75) is 90.5 Å². The van der Waals surface area contributed by atoms with Gasteiger partial charge in [-0.1, -0.05) is 12.1 Å². The summed E-state index contributed by atoms with van der Waals surface area (Å²) in [6.07, 6.45) is -0.401. The number of amides is 1. The molecule has 3 aromatic rings. The van der Waals surface area contributed by atoms with Gasteiger partial charge in [-0.25, -0.2) is 18.6 Å². The third-order valence-corrected chi connectivity index (χ3v) is 8.11. The van der Waals surface area contributed by atoms with E-state index >= 15 is 0 Å². The van der Waals surface area contributed by atoms with E-state index in [0.717, 1.165) is 25.7 Å². The molecule has 1 saturated carbocycles. The number of halogens is 2. The Hall–Kier alpha value is -3.54. The molecule has 228 valence electrons. The van der Waals surface area contributed by atoms with E-state index < -0.39 is 18.1 Å². The highest BCUT2D eigenvalue weighted by atomic mass is 19.3. The molecule has 5 rings (SSSR count). The van der Waals surface area contributed by atoms with E-state index in [1.165, 1.54) is 4.57 Å². The summed E-state index contributed by atoms with van der Waals surface area (Å²) < 4.78 is 35.7. The summed E-state index contributed by atoms with van der Waals surface area (Å²) in [4.78, 5) is 29.4. The first-order valence-electron chi connectivity index (χ1n) is 14.7.